The maximum Gasteiger partial charge on any atom is 0.148 e. The van der Waals surface area contributed by atoms with E-state index in [1.54, 1.807) is 6.33 Å². The van der Waals surface area contributed by atoms with E-state index in [0.29, 0.717) is 0 Å². The normalized spacial score (nSPS) is 22.0. The number of hydrogen-bond acceptors (Lipinski definition) is 5. The lowest BCUT2D eigenvalue weighted by Crippen LogP contribution is -2.18. The Labute approximate surface area is 128 Å². The fourth-order valence-electron chi connectivity index (χ4n) is 3.39. The lowest BCUT2D eigenvalue weighted by atomic mass is 9.81. The molecule has 0 spiro atoms. The molecule has 1 aromatic rings. The Kier molecular flexibility index (Phi) is 6.23. The smallest absolute Gasteiger partial charge is 0.148 e. The number of hydrazine groups is 1. The van der Waals surface area contributed by atoms with E-state index in [0.717, 1.165) is 48.4 Å². The summed E-state index contributed by atoms with van der Waals surface area (Å²) in [5.74, 6) is 8.97. The van der Waals surface area contributed by atoms with Crippen LogP contribution in [0, 0.1) is 11.8 Å². The average Bonchev–Trinajstić information content (AvgIpc) is 2.49. The maximum absolute atomic E-state index is 5.54. The summed E-state index contributed by atoms with van der Waals surface area (Å²) in [6.45, 7) is 5.51. The molecule has 1 heterocycles. The van der Waals surface area contributed by atoms with Crippen molar-refractivity contribution in [2.24, 2.45) is 17.7 Å². The second kappa shape index (κ2) is 8.17. The van der Waals surface area contributed by atoms with Crippen molar-refractivity contribution >= 4 is 11.6 Å². The van der Waals surface area contributed by atoms with Gasteiger partial charge in [0.15, 0.2) is 0 Å². The van der Waals surface area contributed by atoms with Crippen molar-refractivity contribution in [2.75, 3.05) is 17.3 Å². The number of aromatic nitrogens is 2. The topological polar surface area (TPSA) is 75.9 Å². The number of nitrogens with two attached hydrogens (primary N) is 1. The van der Waals surface area contributed by atoms with Crippen LogP contribution in [0.15, 0.2) is 6.33 Å². The van der Waals surface area contributed by atoms with Crippen LogP contribution >= 0.6 is 0 Å². The van der Waals surface area contributed by atoms with Gasteiger partial charge < -0.3 is 10.7 Å². The van der Waals surface area contributed by atoms with E-state index in [1.165, 1.54) is 32.1 Å². The molecule has 118 valence electrons. The first kappa shape index (κ1) is 16.0. The van der Waals surface area contributed by atoms with E-state index in [4.69, 9.17) is 5.84 Å². The largest absolute Gasteiger partial charge is 0.370 e. The lowest BCUT2D eigenvalue weighted by Gasteiger charge is -2.26. The molecule has 0 bridgehead atoms. The quantitative estimate of drug-likeness (QED) is 0.530. The molecule has 2 rings (SSSR count). The number of nitrogens with one attached hydrogen (secondary N) is 2. The summed E-state index contributed by atoms with van der Waals surface area (Å²) in [4.78, 5) is 8.58. The van der Waals surface area contributed by atoms with Gasteiger partial charge in [-0.15, -0.1) is 0 Å². The van der Waals surface area contributed by atoms with Gasteiger partial charge in [0.1, 0.15) is 18.0 Å². The van der Waals surface area contributed by atoms with Crippen LogP contribution in [0.2, 0.25) is 0 Å². The van der Waals surface area contributed by atoms with Crippen LogP contribution in [-0.4, -0.2) is 16.5 Å². The highest BCUT2D eigenvalue weighted by Gasteiger charge is 2.18. The SMILES string of the molecule is CCCc1c(NN)ncnc1NCCC1CCCC(C)C1. The van der Waals surface area contributed by atoms with E-state index in [2.05, 4.69) is 34.6 Å². The number of nitrogens with zero attached hydrogens (tertiary/aromatic N) is 2. The molecular formula is C16H29N5. The van der Waals surface area contributed by atoms with Crippen LogP contribution in [-0.2, 0) is 6.42 Å². The molecule has 4 N–H and O–H groups in total. The van der Waals surface area contributed by atoms with Crippen LogP contribution in [0.3, 0.4) is 0 Å². The summed E-state index contributed by atoms with van der Waals surface area (Å²) in [5.41, 5.74) is 3.77. The van der Waals surface area contributed by atoms with Crippen molar-refractivity contribution in [3.05, 3.63) is 11.9 Å². The van der Waals surface area contributed by atoms with Crippen LogP contribution in [0.5, 0.6) is 0 Å². The Hall–Kier alpha value is -1.36. The van der Waals surface area contributed by atoms with Crippen LogP contribution in [0.4, 0.5) is 11.6 Å². The summed E-state index contributed by atoms with van der Waals surface area (Å²) in [7, 11) is 0. The van der Waals surface area contributed by atoms with E-state index in [9.17, 15) is 0 Å². The van der Waals surface area contributed by atoms with E-state index >= 15 is 0 Å². The third kappa shape index (κ3) is 4.56. The Morgan fingerprint density at radius 1 is 1.29 bits per heavy atom. The Morgan fingerprint density at radius 3 is 2.81 bits per heavy atom. The van der Waals surface area contributed by atoms with Crippen molar-refractivity contribution in [3.8, 4) is 0 Å². The zero-order valence-corrected chi connectivity index (χ0v) is 13.4. The van der Waals surface area contributed by atoms with Gasteiger partial charge in [-0.2, -0.15) is 0 Å². The predicted octanol–water partition coefficient (Wildman–Crippen LogP) is 3.34. The molecule has 0 aromatic carbocycles. The molecule has 1 aliphatic rings. The van der Waals surface area contributed by atoms with Gasteiger partial charge in [0, 0.05) is 12.1 Å². The van der Waals surface area contributed by atoms with Gasteiger partial charge >= 0.3 is 0 Å². The zero-order valence-electron chi connectivity index (χ0n) is 13.4. The standard InChI is InChI=1S/C16H29N5/c1-3-5-14-15(19-11-20-16(14)21-17)18-9-8-13-7-4-6-12(2)10-13/h11-13H,3-10,17H2,1-2H3,(H2,18,19,20,21). The Balaban J connectivity index is 1.90. The van der Waals surface area contributed by atoms with Gasteiger partial charge in [-0.25, -0.2) is 15.8 Å². The number of hydrogen-bond donors (Lipinski definition) is 3. The molecule has 5 heteroatoms. The Bertz CT molecular complexity index is 435. The lowest BCUT2D eigenvalue weighted by molar-refractivity contribution is 0.274. The van der Waals surface area contributed by atoms with E-state index < -0.39 is 0 Å². The highest BCUT2D eigenvalue weighted by molar-refractivity contribution is 5.56. The first-order valence-corrected chi connectivity index (χ1v) is 8.29. The van der Waals surface area contributed by atoms with Gasteiger partial charge in [-0.3, -0.25) is 0 Å². The summed E-state index contributed by atoms with van der Waals surface area (Å²) in [6.07, 6.45) is 10.3. The molecule has 0 saturated heterocycles. The minimum atomic E-state index is 0.737. The van der Waals surface area contributed by atoms with Crippen molar-refractivity contribution in [1.29, 1.82) is 0 Å². The fourth-order valence-corrected chi connectivity index (χ4v) is 3.39. The summed E-state index contributed by atoms with van der Waals surface area (Å²) >= 11 is 0. The second-order valence-corrected chi connectivity index (χ2v) is 6.30. The maximum atomic E-state index is 5.54. The number of nitrogen functional groups attached to an aromatic ring is 1. The molecule has 21 heavy (non-hydrogen) atoms. The molecule has 1 fully saturated rings. The van der Waals surface area contributed by atoms with Crippen molar-refractivity contribution in [1.82, 2.24) is 9.97 Å². The Morgan fingerprint density at radius 2 is 2.10 bits per heavy atom. The highest BCUT2D eigenvalue weighted by atomic mass is 15.3. The molecule has 2 atom stereocenters. The van der Waals surface area contributed by atoms with Crippen molar-refractivity contribution in [2.45, 2.75) is 58.8 Å². The van der Waals surface area contributed by atoms with Gasteiger partial charge in [0.05, 0.1) is 0 Å². The highest BCUT2D eigenvalue weighted by Crippen LogP contribution is 2.30. The molecule has 1 aliphatic carbocycles. The summed E-state index contributed by atoms with van der Waals surface area (Å²) in [6, 6.07) is 0. The molecule has 2 unspecified atom stereocenters. The minimum Gasteiger partial charge on any atom is -0.370 e. The fraction of sp³-hybridized carbons (Fsp3) is 0.750. The molecule has 1 aromatic heterocycles. The number of rotatable bonds is 7. The minimum absolute atomic E-state index is 0.737. The zero-order chi connectivity index (χ0) is 15.1. The van der Waals surface area contributed by atoms with Crippen molar-refractivity contribution < 1.29 is 0 Å². The van der Waals surface area contributed by atoms with Gasteiger partial charge in [0.2, 0.25) is 0 Å². The van der Waals surface area contributed by atoms with Gasteiger partial charge in [-0.1, -0.05) is 39.5 Å². The van der Waals surface area contributed by atoms with E-state index in [-0.39, 0.29) is 0 Å². The predicted molar refractivity (Wildman–Crippen MR) is 88.1 cm³/mol. The summed E-state index contributed by atoms with van der Waals surface area (Å²) in [5, 5.41) is 3.49. The third-order valence-electron chi connectivity index (χ3n) is 4.47. The molecule has 1 saturated carbocycles. The van der Waals surface area contributed by atoms with Gasteiger partial charge in [-0.05, 0) is 31.1 Å². The average molecular weight is 291 g/mol. The van der Waals surface area contributed by atoms with Crippen LogP contribution in [0.25, 0.3) is 0 Å². The molecular weight excluding hydrogens is 262 g/mol. The van der Waals surface area contributed by atoms with Gasteiger partial charge in [0.25, 0.3) is 0 Å². The summed E-state index contributed by atoms with van der Waals surface area (Å²) < 4.78 is 0. The second-order valence-electron chi connectivity index (χ2n) is 6.30. The number of anilines is 2. The third-order valence-corrected chi connectivity index (χ3v) is 4.47. The van der Waals surface area contributed by atoms with Crippen molar-refractivity contribution in [3.63, 3.8) is 0 Å². The molecule has 0 radical (unpaired) electrons. The first-order valence-electron chi connectivity index (χ1n) is 8.29. The first-order chi connectivity index (χ1) is 10.2. The molecule has 5 nitrogen and oxygen atoms in total. The molecule has 0 aliphatic heterocycles. The molecule has 0 amide bonds. The van der Waals surface area contributed by atoms with E-state index in [1.807, 2.05) is 0 Å². The van der Waals surface area contributed by atoms with Crippen LogP contribution in [0.1, 0.15) is 57.9 Å². The van der Waals surface area contributed by atoms with Crippen LogP contribution < -0.4 is 16.6 Å². The monoisotopic (exact) mass is 291 g/mol.